The van der Waals surface area contributed by atoms with Crippen molar-refractivity contribution in [3.63, 3.8) is 0 Å². The summed E-state index contributed by atoms with van der Waals surface area (Å²) in [5.74, 6) is 0.926. The molecule has 3 nitrogen and oxygen atoms in total. The summed E-state index contributed by atoms with van der Waals surface area (Å²) in [6.45, 7) is 11.0. The summed E-state index contributed by atoms with van der Waals surface area (Å²) in [4.78, 5) is 2.51. The first-order valence-corrected chi connectivity index (χ1v) is 8.85. The first-order chi connectivity index (χ1) is 10.8. The topological polar surface area (TPSA) is 24.5 Å². The molecule has 0 saturated carbocycles. The van der Waals surface area contributed by atoms with Gasteiger partial charge >= 0.3 is 0 Å². The van der Waals surface area contributed by atoms with Gasteiger partial charge in [-0.05, 0) is 43.8 Å². The fourth-order valence-electron chi connectivity index (χ4n) is 2.86. The highest BCUT2D eigenvalue weighted by atomic mass is 16.5. The molecule has 1 unspecified atom stereocenters. The Bertz CT molecular complexity index is 374. The SMILES string of the molecule is CCCCCCNCC(c1ccc(OC)cc1)N(CC)CC. The zero-order chi connectivity index (χ0) is 16.2. The third-order valence-electron chi connectivity index (χ3n) is 4.30. The van der Waals surface area contributed by atoms with Crippen molar-refractivity contribution < 1.29 is 4.74 Å². The van der Waals surface area contributed by atoms with Crippen molar-refractivity contribution in [3.05, 3.63) is 29.8 Å². The predicted molar refractivity (Wildman–Crippen MR) is 95.7 cm³/mol. The molecule has 0 bridgehead atoms. The number of hydrogen-bond acceptors (Lipinski definition) is 3. The number of hydrogen-bond donors (Lipinski definition) is 1. The molecule has 0 amide bonds. The van der Waals surface area contributed by atoms with Gasteiger partial charge in [-0.1, -0.05) is 52.2 Å². The molecule has 1 aromatic rings. The van der Waals surface area contributed by atoms with Crippen molar-refractivity contribution in [3.8, 4) is 5.75 Å². The summed E-state index contributed by atoms with van der Waals surface area (Å²) in [7, 11) is 1.72. The molecular weight excluding hydrogens is 272 g/mol. The first kappa shape index (κ1) is 19.0. The normalized spacial score (nSPS) is 12.6. The van der Waals surface area contributed by atoms with Crippen molar-refractivity contribution in [2.24, 2.45) is 0 Å². The van der Waals surface area contributed by atoms with Crippen molar-refractivity contribution in [1.82, 2.24) is 10.2 Å². The maximum absolute atomic E-state index is 5.27. The Labute approximate surface area is 137 Å². The molecule has 1 aromatic carbocycles. The Morgan fingerprint density at radius 2 is 1.68 bits per heavy atom. The molecule has 3 heteroatoms. The molecule has 1 N–H and O–H groups in total. The van der Waals surface area contributed by atoms with Crippen molar-refractivity contribution in [1.29, 1.82) is 0 Å². The average molecular weight is 306 g/mol. The standard InChI is InChI=1S/C19H34N2O/c1-5-8-9-10-15-20-16-19(21(6-2)7-3)17-11-13-18(22-4)14-12-17/h11-14,19-20H,5-10,15-16H2,1-4H3. The van der Waals surface area contributed by atoms with E-state index in [1.54, 1.807) is 7.11 Å². The number of methoxy groups -OCH3 is 1. The van der Waals surface area contributed by atoms with E-state index in [4.69, 9.17) is 4.74 Å². The Morgan fingerprint density at radius 1 is 1.00 bits per heavy atom. The Kier molecular flexibility index (Phi) is 9.93. The van der Waals surface area contributed by atoms with Crippen molar-refractivity contribution in [2.75, 3.05) is 33.3 Å². The molecule has 0 radical (unpaired) electrons. The molecule has 126 valence electrons. The highest BCUT2D eigenvalue weighted by molar-refractivity contribution is 5.29. The van der Waals surface area contributed by atoms with Gasteiger partial charge in [-0.3, -0.25) is 4.90 Å². The Morgan fingerprint density at radius 3 is 2.23 bits per heavy atom. The van der Waals surface area contributed by atoms with Gasteiger partial charge in [0.25, 0.3) is 0 Å². The molecule has 0 spiro atoms. The van der Waals surface area contributed by atoms with Gasteiger partial charge in [0.05, 0.1) is 7.11 Å². The van der Waals surface area contributed by atoms with E-state index in [0.717, 1.165) is 31.9 Å². The highest BCUT2D eigenvalue weighted by Gasteiger charge is 2.17. The summed E-state index contributed by atoms with van der Waals surface area (Å²) in [5.41, 5.74) is 1.37. The van der Waals surface area contributed by atoms with Crippen LogP contribution in [0.25, 0.3) is 0 Å². The smallest absolute Gasteiger partial charge is 0.118 e. The van der Waals surface area contributed by atoms with Crippen LogP contribution in [0.1, 0.15) is 58.1 Å². The minimum atomic E-state index is 0.437. The van der Waals surface area contributed by atoms with Crippen molar-refractivity contribution >= 4 is 0 Å². The molecule has 0 aliphatic carbocycles. The number of likely N-dealkylation sites (N-methyl/N-ethyl adjacent to an activating group) is 1. The fourth-order valence-corrected chi connectivity index (χ4v) is 2.86. The zero-order valence-electron chi connectivity index (χ0n) is 14.9. The number of unbranched alkanes of at least 4 members (excludes halogenated alkanes) is 3. The highest BCUT2D eigenvalue weighted by Crippen LogP contribution is 2.22. The van der Waals surface area contributed by atoms with Gasteiger partial charge in [-0.15, -0.1) is 0 Å². The lowest BCUT2D eigenvalue weighted by Crippen LogP contribution is -2.36. The van der Waals surface area contributed by atoms with E-state index >= 15 is 0 Å². The molecule has 0 heterocycles. The molecule has 0 saturated heterocycles. The summed E-state index contributed by atoms with van der Waals surface area (Å²) < 4.78 is 5.27. The number of ether oxygens (including phenoxy) is 1. The van der Waals surface area contributed by atoms with Crippen LogP contribution in [0.3, 0.4) is 0 Å². The fraction of sp³-hybridized carbons (Fsp3) is 0.684. The maximum atomic E-state index is 5.27. The monoisotopic (exact) mass is 306 g/mol. The molecule has 1 rings (SSSR count). The van der Waals surface area contributed by atoms with Crippen LogP contribution in [0, 0.1) is 0 Å². The van der Waals surface area contributed by atoms with Crippen LogP contribution in [0.5, 0.6) is 5.75 Å². The van der Waals surface area contributed by atoms with Gasteiger partial charge in [-0.25, -0.2) is 0 Å². The molecule has 1 atom stereocenters. The Balaban J connectivity index is 2.59. The van der Waals surface area contributed by atoms with E-state index in [9.17, 15) is 0 Å². The third kappa shape index (κ3) is 6.37. The molecular formula is C19H34N2O. The quantitative estimate of drug-likeness (QED) is 0.584. The molecule has 0 fully saturated rings. The van der Waals surface area contributed by atoms with Gasteiger partial charge in [0.2, 0.25) is 0 Å². The van der Waals surface area contributed by atoms with E-state index < -0.39 is 0 Å². The van der Waals surface area contributed by atoms with Crippen molar-refractivity contribution in [2.45, 2.75) is 52.5 Å². The lowest BCUT2D eigenvalue weighted by Gasteiger charge is -2.30. The lowest BCUT2D eigenvalue weighted by molar-refractivity contribution is 0.213. The van der Waals surface area contributed by atoms with E-state index in [2.05, 4.69) is 55.3 Å². The minimum absolute atomic E-state index is 0.437. The third-order valence-corrected chi connectivity index (χ3v) is 4.30. The summed E-state index contributed by atoms with van der Waals surface area (Å²) >= 11 is 0. The van der Waals surface area contributed by atoms with E-state index in [0.29, 0.717) is 6.04 Å². The predicted octanol–water partition coefficient (Wildman–Crippen LogP) is 4.25. The second-order valence-corrected chi connectivity index (χ2v) is 5.77. The second-order valence-electron chi connectivity index (χ2n) is 5.77. The van der Waals surface area contributed by atoms with Gasteiger partial charge in [0.15, 0.2) is 0 Å². The van der Waals surface area contributed by atoms with Gasteiger partial charge < -0.3 is 10.1 Å². The molecule has 0 aromatic heterocycles. The van der Waals surface area contributed by atoms with Crippen LogP contribution in [-0.2, 0) is 0 Å². The number of benzene rings is 1. The van der Waals surface area contributed by atoms with Gasteiger partial charge in [-0.2, -0.15) is 0 Å². The van der Waals surface area contributed by atoms with Gasteiger partial charge in [0.1, 0.15) is 5.75 Å². The van der Waals surface area contributed by atoms with E-state index in [1.807, 2.05) is 0 Å². The Hall–Kier alpha value is -1.06. The van der Waals surface area contributed by atoms with Crippen LogP contribution in [0.4, 0.5) is 0 Å². The summed E-state index contributed by atoms with van der Waals surface area (Å²) in [6, 6.07) is 8.95. The largest absolute Gasteiger partial charge is 0.497 e. The summed E-state index contributed by atoms with van der Waals surface area (Å²) in [5, 5.41) is 3.65. The van der Waals surface area contributed by atoms with Crippen LogP contribution in [0.2, 0.25) is 0 Å². The van der Waals surface area contributed by atoms with Crippen LogP contribution in [0.15, 0.2) is 24.3 Å². The number of nitrogens with one attached hydrogen (secondary N) is 1. The number of nitrogens with zero attached hydrogens (tertiary/aromatic N) is 1. The maximum Gasteiger partial charge on any atom is 0.118 e. The number of rotatable bonds is 12. The molecule has 0 aliphatic rings. The summed E-state index contributed by atoms with van der Waals surface area (Å²) in [6.07, 6.45) is 5.26. The molecule has 22 heavy (non-hydrogen) atoms. The first-order valence-electron chi connectivity index (χ1n) is 8.85. The van der Waals surface area contributed by atoms with E-state index in [1.165, 1.54) is 31.2 Å². The average Bonchev–Trinajstić information content (AvgIpc) is 2.57. The van der Waals surface area contributed by atoms with Crippen LogP contribution >= 0.6 is 0 Å². The van der Waals surface area contributed by atoms with E-state index in [-0.39, 0.29) is 0 Å². The van der Waals surface area contributed by atoms with Crippen LogP contribution < -0.4 is 10.1 Å². The van der Waals surface area contributed by atoms with Crippen LogP contribution in [-0.4, -0.2) is 38.2 Å². The second kappa shape index (κ2) is 11.5. The minimum Gasteiger partial charge on any atom is -0.497 e. The van der Waals surface area contributed by atoms with Gasteiger partial charge in [0, 0.05) is 12.6 Å². The molecule has 0 aliphatic heterocycles. The lowest BCUT2D eigenvalue weighted by atomic mass is 10.0. The zero-order valence-corrected chi connectivity index (χ0v) is 14.9.